The van der Waals surface area contributed by atoms with Crippen molar-refractivity contribution in [1.29, 1.82) is 0 Å². The maximum absolute atomic E-state index is 5.62. The SMILES string of the molecule is CCCNC(c1cccs1)C(CCC)OC. The van der Waals surface area contributed by atoms with Crippen molar-refractivity contribution in [2.45, 2.75) is 45.3 Å². The van der Waals surface area contributed by atoms with Crippen molar-refractivity contribution in [2.75, 3.05) is 13.7 Å². The fourth-order valence-corrected chi connectivity index (χ4v) is 2.74. The third kappa shape index (κ3) is 3.89. The van der Waals surface area contributed by atoms with Crippen LogP contribution in [0.15, 0.2) is 17.5 Å². The first-order valence-electron chi connectivity index (χ1n) is 6.13. The standard InChI is InChI=1S/C13H23NOS/c1-4-7-11(15-3)13(14-9-5-2)12-8-6-10-16-12/h6,8,10-11,13-14H,4-5,7,9H2,1-3H3. The van der Waals surface area contributed by atoms with Crippen LogP contribution in [0, 0.1) is 0 Å². The molecule has 92 valence electrons. The molecule has 0 aliphatic heterocycles. The van der Waals surface area contributed by atoms with Gasteiger partial charge in [0.1, 0.15) is 0 Å². The van der Waals surface area contributed by atoms with E-state index in [0.29, 0.717) is 6.04 Å². The van der Waals surface area contributed by atoms with Crippen molar-refractivity contribution in [1.82, 2.24) is 5.32 Å². The number of thiophene rings is 1. The van der Waals surface area contributed by atoms with E-state index in [-0.39, 0.29) is 6.10 Å². The number of rotatable bonds is 8. The molecule has 1 N–H and O–H groups in total. The highest BCUT2D eigenvalue weighted by molar-refractivity contribution is 7.10. The fourth-order valence-electron chi connectivity index (χ4n) is 1.89. The second-order valence-electron chi connectivity index (χ2n) is 4.01. The Bertz CT molecular complexity index is 261. The van der Waals surface area contributed by atoms with Crippen molar-refractivity contribution >= 4 is 11.3 Å². The van der Waals surface area contributed by atoms with Gasteiger partial charge in [0, 0.05) is 12.0 Å². The maximum atomic E-state index is 5.62. The lowest BCUT2D eigenvalue weighted by atomic mass is 10.0. The van der Waals surface area contributed by atoms with Gasteiger partial charge in [-0.15, -0.1) is 11.3 Å². The topological polar surface area (TPSA) is 21.3 Å². The van der Waals surface area contributed by atoms with Crippen LogP contribution < -0.4 is 5.32 Å². The molecule has 2 atom stereocenters. The lowest BCUT2D eigenvalue weighted by Gasteiger charge is -2.26. The number of ether oxygens (including phenoxy) is 1. The highest BCUT2D eigenvalue weighted by Crippen LogP contribution is 2.26. The molecule has 0 fully saturated rings. The van der Waals surface area contributed by atoms with Crippen molar-refractivity contribution in [2.24, 2.45) is 0 Å². The van der Waals surface area contributed by atoms with E-state index < -0.39 is 0 Å². The Kier molecular flexibility index (Phi) is 6.69. The molecule has 0 aromatic carbocycles. The van der Waals surface area contributed by atoms with Gasteiger partial charge in [-0.2, -0.15) is 0 Å². The Balaban J connectivity index is 2.68. The van der Waals surface area contributed by atoms with Crippen molar-refractivity contribution < 1.29 is 4.74 Å². The second-order valence-corrected chi connectivity index (χ2v) is 4.99. The van der Waals surface area contributed by atoms with E-state index in [1.165, 1.54) is 4.88 Å². The van der Waals surface area contributed by atoms with Crippen molar-refractivity contribution in [3.05, 3.63) is 22.4 Å². The van der Waals surface area contributed by atoms with Gasteiger partial charge in [0.25, 0.3) is 0 Å². The van der Waals surface area contributed by atoms with Crippen LogP contribution >= 0.6 is 11.3 Å². The summed E-state index contributed by atoms with van der Waals surface area (Å²) in [6, 6.07) is 4.66. The van der Waals surface area contributed by atoms with E-state index in [0.717, 1.165) is 25.8 Å². The molecular formula is C13H23NOS. The molecule has 0 saturated heterocycles. The lowest BCUT2D eigenvalue weighted by molar-refractivity contribution is 0.0616. The molecule has 16 heavy (non-hydrogen) atoms. The van der Waals surface area contributed by atoms with E-state index in [4.69, 9.17) is 4.74 Å². The second kappa shape index (κ2) is 7.82. The summed E-state index contributed by atoms with van der Waals surface area (Å²) >= 11 is 1.81. The molecule has 0 aliphatic rings. The molecule has 2 unspecified atom stereocenters. The Morgan fingerprint density at radius 1 is 1.38 bits per heavy atom. The largest absolute Gasteiger partial charge is 0.379 e. The summed E-state index contributed by atoms with van der Waals surface area (Å²) in [7, 11) is 1.81. The Labute approximate surface area is 103 Å². The molecule has 0 bridgehead atoms. The van der Waals surface area contributed by atoms with Crippen LogP contribution in [0.2, 0.25) is 0 Å². The van der Waals surface area contributed by atoms with Gasteiger partial charge in [-0.25, -0.2) is 0 Å². The lowest BCUT2D eigenvalue weighted by Crippen LogP contribution is -2.33. The Morgan fingerprint density at radius 3 is 2.69 bits per heavy atom. The zero-order valence-corrected chi connectivity index (χ0v) is 11.3. The van der Waals surface area contributed by atoms with E-state index >= 15 is 0 Å². The third-order valence-electron chi connectivity index (χ3n) is 2.71. The summed E-state index contributed by atoms with van der Waals surface area (Å²) in [5, 5.41) is 5.73. The van der Waals surface area contributed by atoms with Crippen LogP contribution in [0.5, 0.6) is 0 Å². The van der Waals surface area contributed by atoms with Gasteiger partial charge in [0.05, 0.1) is 12.1 Å². The molecule has 1 aromatic rings. The van der Waals surface area contributed by atoms with Crippen LogP contribution in [0.4, 0.5) is 0 Å². The normalized spacial score (nSPS) is 14.9. The summed E-state index contributed by atoms with van der Waals surface area (Å²) in [5.74, 6) is 0. The average molecular weight is 241 g/mol. The van der Waals surface area contributed by atoms with E-state index in [9.17, 15) is 0 Å². The van der Waals surface area contributed by atoms with Gasteiger partial charge in [-0.05, 0) is 30.8 Å². The molecular weight excluding hydrogens is 218 g/mol. The van der Waals surface area contributed by atoms with Crippen LogP contribution in [0.1, 0.15) is 44.0 Å². The zero-order chi connectivity index (χ0) is 11.8. The number of nitrogens with one attached hydrogen (secondary N) is 1. The highest BCUT2D eigenvalue weighted by atomic mass is 32.1. The summed E-state index contributed by atoms with van der Waals surface area (Å²) < 4.78 is 5.62. The van der Waals surface area contributed by atoms with Gasteiger partial charge >= 0.3 is 0 Å². The quantitative estimate of drug-likeness (QED) is 0.751. The molecule has 1 rings (SSSR count). The number of hydrogen-bond donors (Lipinski definition) is 1. The first-order valence-corrected chi connectivity index (χ1v) is 7.01. The molecule has 2 nitrogen and oxygen atoms in total. The predicted molar refractivity (Wildman–Crippen MR) is 71.1 cm³/mol. The smallest absolute Gasteiger partial charge is 0.0773 e. The third-order valence-corrected chi connectivity index (χ3v) is 3.67. The van der Waals surface area contributed by atoms with E-state index in [2.05, 4.69) is 36.7 Å². The molecule has 0 aliphatic carbocycles. The minimum atomic E-state index is 0.287. The number of methoxy groups -OCH3 is 1. The van der Waals surface area contributed by atoms with Crippen molar-refractivity contribution in [3.63, 3.8) is 0 Å². The first-order chi connectivity index (χ1) is 7.83. The van der Waals surface area contributed by atoms with Gasteiger partial charge in [-0.3, -0.25) is 0 Å². The molecule has 0 amide bonds. The first kappa shape index (κ1) is 13.7. The minimum Gasteiger partial charge on any atom is -0.379 e. The molecule has 0 spiro atoms. The van der Waals surface area contributed by atoms with Crippen LogP contribution in [0.25, 0.3) is 0 Å². The summed E-state index contributed by atoms with van der Waals surface area (Å²) in [4.78, 5) is 1.38. The zero-order valence-electron chi connectivity index (χ0n) is 10.5. The fraction of sp³-hybridized carbons (Fsp3) is 0.692. The van der Waals surface area contributed by atoms with E-state index in [1.54, 1.807) is 0 Å². The van der Waals surface area contributed by atoms with Crippen LogP contribution in [-0.2, 0) is 4.74 Å². The monoisotopic (exact) mass is 241 g/mol. The van der Waals surface area contributed by atoms with E-state index in [1.807, 2.05) is 18.4 Å². The molecule has 0 saturated carbocycles. The summed E-state index contributed by atoms with van der Waals surface area (Å²) in [6.45, 7) is 5.45. The average Bonchev–Trinajstić information content (AvgIpc) is 2.81. The van der Waals surface area contributed by atoms with Gasteiger partial charge < -0.3 is 10.1 Å². The predicted octanol–water partition coefficient (Wildman–Crippen LogP) is 3.60. The molecule has 0 radical (unpaired) electrons. The highest BCUT2D eigenvalue weighted by Gasteiger charge is 2.22. The Morgan fingerprint density at radius 2 is 2.19 bits per heavy atom. The molecule has 1 aromatic heterocycles. The van der Waals surface area contributed by atoms with Crippen LogP contribution in [-0.4, -0.2) is 19.8 Å². The van der Waals surface area contributed by atoms with Crippen molar-refractivity contribution in [3.8, 4) is 0 Å². The van der Waals surface area contributed by atoms with Gasteiger partial charge in [0.2, 0.25) is 0 Å². The van der Waals surface area contributed by atoms with Gasteiger partial charge in [-0.1, -0.05) is 26.3 Å². The summed E-state index contributed by atoms with van der Waals surface area (Å²) in [6.07, 6.45) is 3.71. The minimum absolute atomic E-state index is 0.287. The number of hydrogen-bond acceptors (Lipinski definition) is 3. The van der Waals surface area contributed by atoms with Crippen LogP contribution in [0.3, 0.4) is 0 Å². The maximum Gasteiger partial charge on any atom is 0.0773 e. The molecule has 1 heterocycles. The molecule has 3 heteroatoms. The van der Waals surface area contributed by atoms with Gasteiger partial charge in [0.15, 0.2) is 0 Å². The Hall–Kier alpha value is -0.380. The summed E-state index contributed by atoms with van der Waals surface area (Å²) in [5.41, 5.74) is 0.